The summed E-state index contributed by atoms with van der Waals surface area (Å²) in [5.74, 6) is 0.911. The normalized spacial score (nSPS) is 11.1. The Balaban J connectivity index is 2.98. The summed E-state index contributed by atoms with van der Waals surface area (Å²) in [6.07, 6.45) is 0. The largest absolute Gasteiger partial charge is 0.502 e. The lowest BCUT2D eigenvalue weighted by Gasteiger charge is -2.22. The van der Waals surface area contributed by atoms with Gasteiger partial charge in [0.2, 0.25) is 5.75 Å². The summed E-state index contributed by atoms with van der Waals surface area (Å²) in [5, 5.41) is 9.70. The molecule has 0 aliphatic heterocycles. The van der Waals surface area contributed by atoms with E-state index in [-0.39, 0.29) is 11.4 Å². The van der Waals surface area contributed by atoms with Gasteiger partial charge in [-0.25, -0.2) is 0 Å². The number of phenolic OH excluding ortho intramolecular Hbond substituents is 1. The van der Waals surface area contributed by atoms with E-state index in [1.807, 2.05) is 20.8 Å². The summed E-state index contributed by atoms with van der Waals surface area (Å²) in [7, 11) is 1.51. The van der Waals surface area contributed by atoms with Gasteiger partial charge < -0.3 is 14.6 Å². The smallest absolute Gasteiger partial charge is 0.200 e. The van der Waals surface area contributed by atoms with Crippen LogP contribution in [-0.4, -0.2) is 17.8 Å². The van der Waals surface area contributed by atoms with Gasteiger partial charge in [0, 0.05) is 0 Å². The molecule has 0 unspecified atom stereocenters. The van der Waals surface area contributed by atoms with Crippen molar-refractivity contribution in [2.75, 3.05) is 7.11 Å². The highest BCUT2D eigenvalue weighted by Crippen LogP contribution is 2.37. The van der Waals surface area contributed by atoms with E-state index in [0.717, 1.165) is 0 Å². The van der Waals surface area contributed by atoms with Gasteiger partial charge in [0.25, 0.3) is 0 Å². The fourth-order valence-corrected chi connectivity index (χ4v) is 1.08. The van der Waals surface area contributed by atoms with Gasteiger partial charge in [0.1, 0.15) is 5.60 Å². The number of rotatable bonds is 2. The molecule has 0 saturated heterocycles. The second-order valence-corrected chi connectivity index (χ2v) is 4.02. The molecule has 1 rings (SSSR count). The van der Waals surface area contributed by atoms with Gasteiger partial charge in [-0.15, -0.1) is 0 Å². The average molecular weight is 196 g/mol. The number of para-hydroxylation sites is 1. The van der Waals surface area contributed by atoms with Crippen LogP contribution in [0.5, 0.6) is 17.2 Å². The Morgan fingerprint density at radius 3 is 2.21 bits per heavy atom. The lowest BCUT2D eigenvalue weighted by Crippen LogP contribution is -2.22. The van der Waals surface area contributed by atoms with E-state index >= 15 is 0 Å². The van der Waals surface area contributed by atoms with Crippen LogP contribution in [0, 0.1) is 0 Å². The first-order chi connectivity index (χ1) is 6.44. The summed E-state index contributed by atoms with van der Waals surface area (Å²) in [6, 6.07) is 5.17. The van der Waals surface area contributed by atoms with Crippen molar-refractivity contribution in [2.24, 2.45) is 0 Å². The van der Waals surface area contributed by atoms with Crippen LogP contribution in [0.25, 0.3) is 0 Å². The third-order valence-electron chi connectivity index (χ3n) is 1.60. The Hall–Kier alpha value is -1.38. The standard InChI is InChI=1S/C11H16O3/c1-11(2,3)14-9-7-5-6-8(13-4)10(9)12/h5-7,12H,1-4H3. The number of ether oxygens (including phenoxy) is 2. The average Bonchev–Trinajstić information content (AvgIpc) is 2.06. The Bertz CT molecular complexity index is 313. The molecule has 0 fully saturated rings. The highest BCUT2D eigenvalue weighted by atomic mass is 16.5. The number of methoxy groups -OCH3 is 1. The molecule has 3 heteroatoms. The van der Waals surface area contributed by atoms with Crippen molar-refractivity contribution in [3.63, 3.8) is 0 Å². The first-order valence-corrected chi connectivity index (χ1v) is 4.49. The monoisotopic (exact) mass is 196 g/mol. The number of hydrogen-bond donors (Lipinski definition) is 1. The molecule has 3 nitrogen and oxygen atoms in total. The zero-order valence-corrected chi connectivity index (χ0v) is 9.00. The van der Waals surface area contributed by atoms with Crippen LogP contribution in [-0.2, 0) is 0 Å². The molecule has 0 spiro atoms. The van der Waals surface area contributed by atoms with Gasteiger partial charge in [-0.05, 0) is 32.9 Å². The fraction of sp³-hybridized carbons (Fsp3) is 0.455. The van der Waals surface area contributed by atoms with E-state index in [0.29, 0.717) is 11.5 Å². The second kappa shape index (κ2) is 3.78. The molecule has 0 amide bonds. The van der Waals surface area contributed by atoms with Gasteiger partial charge in [0.15, 0.2) is 11.5 Å². The van der Waals surface area contributed by atoms with Gasteiger partial charge in [-0.1, -0.05) is 6.07 Å². The predicted molar refractivity (Wildman–Crippen MR) is 55.0 cm³/mol. The molecular weight excluding hydrogens is 180 g/mol. The molecule has 0 radical (unpaired) electrons. The van der Waals surface area contributed by atoms with Gasteiger partial charge in [-0.3, -0.25) is 0 Å². The molecule has 1 aromatic carbocycles. The minimum absolute atomic E-state index is 0.0462. The maximum Gasteiger partial charge on any atom is 0.200 e. The highest BCUT2D eigenvalue weighted by Gasteiger charge is 2.16. The molecular formula is C11H16O3. The number of benzene rings is 1. The zero-order chi connectivity index (χ0) is 10.8. The second-order valence-electron chi connectivity index (χ2n) is 4.02. The molecule has 0 heterocycles. The third kappa shape index (κ3) is 2.55. The van der Waals surface area contributed by atoms with Crippen molar-refractivity contribution in [1.82, 2.24) is 0 Å². The number of aromatic hydroxyl groups is 1. The maximum atomic E-state index is 9.70. The van der Waals surface area contributed by atoms with Gasteiger partial charge in [-0.2, -0.15) is 0 Å². The Labute approximate surface area is 84.3 Å². The SMILES string of the molecule is COc1cccc(OC(C)(C)C)c1O. The maximum absolute atomic E-state index is 9.70. The zero-order valence-electron chi connectivity index (χ0n) is 9.00. The molecule has 1 aromatic rings. The Morgan fingerprint density at radius 2 is 1.71 bits per heavy atom. The predicted octanol–water partition coefficient (Wildman–Crippen LogP) is 2.58. The van der Waals surface area contributed by atoms with E-state index in [2.05, 4.69) is 0 Å². The number of phenols is 1. The molecule has 0 aliphatic carbocycles. The molecule has 0 saturated carbocycles. The minimum atomic E-state index is -0.330. The van der Waals surface area contributed by atoms with Crippen molar-refractivity contribution >= 4 is 0 Å². The lowest BCUT2D eigenvalue weighted by atomic mass is 10.2. The fourth-order valence-electron chi connectivity index (χ4n) is 1.08. The van der Waals surface area contributed by atoms with E-state index in [4.69, 9.17) is 9.47 Å². The van der Waals surface area contributed by atoms with Crippen LogP contribution in [0.15, 0.2) is 18.2 Å². The minimum Gasteiger partial charge on any atom is -0.502 e. The first-order valence-electron chi connectivity index (χ1n) is 4.49. The molecule has 0 atom stereocenters. The molecule has 14 heavy (non-hydrogen) atoms. The van der Waals surface area contributed by atoms with Crippen molar-refractivity contribution in [1.29, 1.82) is 0 Å². The van der Waals surface area contributed by atoms with E-state index in [9.17, 15) is 5.11 Å². The quantitative estimate of drug-likeness (QED) is 0.790. The lowest BCUT2D eigenvalue weighted by molar-refractivity contribution is 0.125. The molecule has 78 valence electrons. The van der Waals surface area contributed by atoms with E-state index in [1.165, 1.54) is 7.11 Å². The Morgan fingerprint density at radius 1 is 1.14 bits per heavy atom. The van der Waals surface area contributed by atoms with Crippen molar-refractivity contribution < 1.29 is 14.6 Å². The number of hydrogen-bond acceptors (Lipinski definition) is 3. The highest BCUT2D eigenvalue weighted by molar-refractivity contribution is 5.49. The summed E-state index contributed by atoms with van der Waals surface area (Å²) in [6.45, 7) is 5.77. The summed E-state index contributed by atoms with van der Waals surface area (Å²) >= 11 is 0. The van der Waals surface area contributed by atoms with Crippen molar-refractivity contribution in [3.05, 3.63) is 18.2 Å². The summed E-state index contributed by atoms with van der Waals surface area (Å²) in [5.41, 5.74) is -0.330. The topological polar surface area (TPSA) is 38.7 Å². The molecule has 1 N–H and O–H groups in total. The molecule has 0 aromatic heterocycles. The first kappa shape index (κ1) is 10.7. The van der Waals surface area contributed by atoms with E-state index in [1.54, 1.807) is 18.2 Å². The van der Waals surface area contributed by atoms with Gasteiger partial charge >= 0.3 is 0 Å². The van der Waals surface area contributed by atoms with Crippen LogP contribution in [0.4, 0.5) is 0 Å². The van der Waals surface area contributed by atoms with Crippen LogP contribution in [0.3, 0.4) is 0 Å². The molecule has 0 aliphatic rings. The van der Waals surface area contributed by atoms with Crippen LogP contribution < -0.4 is 9.47 Å². The van der Waals surface area contributed by atoms with Crippen LogP contribution in [0.1, 0.15) is 20.8 Å². The van der Waals surface area contributed by atoms with Crippen molar-refractivity contribution in [3.8, 4) is 17.2 Å². The summed E-state index contributed by atoms with van der Waals surface area (Å²) < 4.78 is 10.5. The Kier molecular flexibility index (Phi) is 2.89. The van der Waals surface area contributed by atoms with E-state index < -0.39 is 0 Å². The van der Waals surface area contributed by atoms with Crippen molar-refractivity contribution in [2.45, 2.75) is 26.4 Å². The van der Waals surface area contributed by atoms with Crippen LogP contribution >= 0.6 is 0 Å². The van der Waals surface area contributed by atoms with Crippen LogP contribution in [0.2, 0.25) is 0 Å². The molecule has 0 bridgehead atoms. The summed E-state index contributed by atoms with van der Waals surface area (Å²) in [4.78, 5) is 0. The van der Waals surface area contributed by atoms with Gasteiger partial charge in [0.05, 0.1) is 7.11 Å². The third-order valence-corrected chi connectivity index (χ3v) is 1.60.